The zero-order chi connectivity index (χ0) is 20.4. The minimum atomic E-state index is -0.439. The van der Waals surface area contributed by atoms with E-state index in [1.165, 1.54) is 6.21 Å². The number of nitrogens with zero attached hydrogens (tertiary/aromatic N) is 8. The SMILES string of the molecule is CC1=[N+]=CC(C(=O)Nc2ncc(N(C)C)c(C#Cc3nnc4ccccn34)n2)=N1. The van der Waals surface area contributed by atoms with Gasteiger partial charge in [0, 0.05) is 20.3 Å². The zero-order valence-corrected chi connectivity index (χ0v) is 16.0. The molecule has 0 atom stereocenters. The van der Waals surface area contributed by atoms with Crippen molar-refractivity contribution in [2.45, 2.75) is 6.92 Å². The van der Waals surface area contributed by atoms with Crippen molar-refractivity contribution in [3.8, 4) is 11.8 Å². The maximum Gasteiger partial charge on any atom is 0.387 e. The van der Waals surface area contributed by atoms with Crippen molar-refractivity contribution >= 4 is 41.0 Å². The first-order valence-electron chi connectivity index (χ1n) is 8.65. The van der Waals surface area contributed by atoms with Crippen LogP contribution in [0.25, 0.3) is 5.65 Å². The second kappa shape index (κ2) is 7.34. The summed E-state index contributed by atoms with van der Waals surface area (Å²) in [6.45, 7) is 1.71. The smallest absolute Gasteiger partial charge is 0.374 e. The van der Waals surface area contributed by atoms with Crippen LogP contribution in [0.3, 0.4) is 0 Å². The van der Waals surface area contributed by atoms with Crippen LogP contribution >= 0.6 is 0 Å². The number of pyridine rings is 1. The summed E-state index contributed by atoms with van der Waals surface area (Å²) < 4.78 is 5.74. The van der Waals surface area contributed by atoms with Crippen LogP contribution in [0.15, 0.2) is 35.6 Å². The third kappa shape index (κ3) is 3.71. The van der Waals surface area contributed by atoms with Gasteiger partial charge in [-0.2, -0.15) is 0 Å². The Hall–Kier alpha value is -4.35. The number of carbonyl (C=O) groups is 1. The summed E-state index contributed by atoms with van der Waals surface area (Å²) in [6, 6.07) is 5.60. The number of hydrogen-bond acceptors (Lipinski definition) is 7. The van der Waals surface area contributed by atoms with E-state index in [1.807, 2.05) is 43.4 Å². The zero-order valence-electron chi connectivity index (χ0n) is 16.0. The highest BCUT2D eigenvalue weighted by Crippen LogP contribution is 2.16. The minimum absolute atomic E-state index is 0.122. The van der Waals surface area contributed by atoms with Gasteiger partial charge in [0.15, 0.2) is 5.65 Å². The molecule has 10 heteroatoms. The first-order valence-corrected chi connectivity index (χ1v) is 8.65. The summed E-state index contributed by atoms with van der Waals surface area (Å²) in [7, 11) is 3.72. The average Bonchev–Trinajstić information content (AvgIpc) is 3.32. The highest BCUT2D eigenvalue weighted by molar-refractivity contribution is 6.64. The highest BCUT2D eigenvalue weighted by atomic mass is 16.2. The largest absolute Gasteiger partial charge is 0.387 e. The fraction of sp³-hybridized carbons (Fsp3) is 0.158. The van der Waals surface area contributed by atoms with E-state index in [2.05, 4.69) is 47.0 Å². The van der Waals surface area contributed by atoms with Gasteiger partial charge in [0.25, 0.3) is 5.71 Å². The summed E-state index contributed by atoms with van der Waals surface area (Å²) in [5.41, 5.74) is 2.04. The molecule has 0 saturated heterocycles. The lowest BCUT2D eigenvalue weighted by molar-refractivity contribution is -0.110. The highest BCUT2D eigenvalue weighted by Gasteiger charge is 2.24. The number of hydrogen-bond donors (Lipinski definition) is 1. The first kappa shape index (κ1) is 18.0. The quantitative estimate of drug-likeness (QED) is 0.498. The Morgan fingerprint density at radius 1 is 1.24 bits per heavy atom. The number of rotatable bonds is 3. The Morgan fingerprint density at radius 2 is 2.10 bits per heavy atom. The number of aliphatic imine (C=N–C) groups is 1. The number of fused-ring (bicyclic) bond motifs is 1. The summed E-state index contributed by atoms with van der Waals surface area (Å²) >= 11 is 0. The number of amidine groups is 1. The van der Waals surface area contributed by atoms with Crippen LogP contribution in [0.4, 0.5) is 11.6 Å². The molecule has 10 nitrogen and oxygen atoms in total. The monoisotopic (exact) mass is 386 g/mol. The van der Waals surface area contributed by atoms with Crippen molar-refractivity contribution < 1.29 is 4.79 Å². The molecule has 4 rings (SSSR count). The third-order valence-corrected chi connectivity index (χ3v) is 3.97. The van der Waals surface area contributed by atoms with Gasteiger partial charge >= 0.3 is 11.7 Å². The van der Waals surface area contributed by atoms with Crippen LogP contribution in [-0.4, -0.2) is 62.3 Å². The number of anilines is 2. The summed E-state index contributed by atoms with van der Waals surface area (Å²) in [5, 5.41) is 10.8. The molecule has 0 saturated carbocycles. The lowest BCUT2D eigenvalue weighted by Crippen LogP contribution is -2.25. The maximum absolute atomic E-state index is 12.3. The molecule has 29 heavy (non-hydrogen) atoms. The molecule has 0 spiro atoms. The van der Waals surface area contributed by atoms with E-state index in [0.29, 0.717) is 28.7 Å². The Balaban J connectivity index is 1.65. The van der Waals surface area contributed by atoms with E-state index in [0.717, 1.165) is 0 Å². The third-order valence-electron chi connectivity index (χ3n) is 3.97. The van der Waals surface area contributed by atoms with Crippen LogP contribution in [0.2, 0.25) is 0 Å². The summed E-state index contributed by atoms with van der Waals surface area (Å²) in [5.74, 6) is 6.67. The van der Waals surface area contributed by atoms with Crippen LogP contribution in [-0.2, 0) is 4.79 Å². The number of amides is 1. The topological polar surface area (TPSA) is 115 Å². The molecule has 1 N–H and O–H groups in total. The normalized spacial score (nSPS) is 12.2. The van der Waals surface area contributed by atoms with Crippen molar-refractivity contribution in [3.63, 3.8) is 0 Å². The molecule has 4 heterocycles. The van der Waals surface area contributed by atoms with Crippen molar-refractivity contribution in [2.24, 2.45) is 4.99 Å². The molecule has 1 aliphatic rings. The Morgan fingerprint density at radius 3 is 2.86 bits per heavy atom. The Bertz CT molecular complexity index is 1280. The summed E-state index contributed by atoms with van der Waals surface area (Å²) in [4.78, 5) is 26.7. The van der Waals surface area contributed by atoms with Crippen molar-refractivity contribution in [2.75, 3.05) is 24.3 Å². The van der Waals surface area contributed by atoms with Gasteiger partial charge in [-0.3, -0.25) is 14.5 Å². The first-order chi connectivity index (χ1) is 14.0. The average molecular weight is 386 g/mol. The fourth-order valence-corrected chi connectivity index (χ4v) is 2.56. The lowest BCUT2D eigenvalue weighted by atomic mass is 10.3. The minimum Gasteiger partial charge on any atom is -0.374 e. The standard InChI is InChI=1S/C19H15N9O/c1-12-20-10-14(22-12)18(29)24-19-21-11-15(27(2)3)13(23-19)7-8-17-26-25-16-6-4-5-9-28(16)17/h4-6,9-11H,1-3H3/p+1. The molecule has 1 aliphatic heterocycles. The molecule has 0 fully saturated rings. The van der Waals surface area contributed by atoms with Crippen molar-refractivity contribution in [1.29, 1.82) is 0 Å². The molecule has 142 valence electrons. The van der Waals surface area contributed by atoms with Gasteiger partial charge in [0.1, 0.15) is 5.69 Å². The van der Waals surface area contributed by atoms with E-state index < -0.39 is 5.91 Å². The molecule has 0 unspecified atom stereocenters. The van der Waals surface area contributed by atoms with Crippen LogP contribution in [0, 0.1) is 11.8 Å². The number of nitrogens with one attached hydrogen (secondary N) is 1. The van der Waals surface area contributed by atoms with Gasteiger partial charge < -0.3 is 4.90 Å². The van der Waals surface area contributed by atoms with E-state index >= 15 is 0 Å². The summed E-state index contributed by atoms with van der Waals surface area (Å²) in [6.07, 6.45) is 4.83. The fourth-order valence-electron chi connectivity index (χ4n) is 2.56. The molecule has 0 bridgehead atoms. The van der Waals surface area contributed by atoms with Gasteiger partial charge in [0.2, 0.25) is 18.0 Å². The molecule has 0 aliphatic carbocycles. The van der Waals surface area contributed by atoms with Crippen LogP contribution in [0.1, 0.15) is 18.4 Å². The predicted octanol–water partition coefficient (Wildman–Crippen LogP) is -0.0654. The Kier molecular flexibility index (Phi) is 4.57. The van der Waals surface area contributed by atoms with Crippen molar-refractivity contribution in [3.05, 3.63) is 42.1 Å². The predicted molar refractivity (Wildman–Crippen MR) is 110 cm³/mol. The van der Waals surface area contributed by atoms with Crippen molar-refractivity contribution in [1.82, 2.24) is 29.2 Å². The molecular formula is C19H16N9O+. The molecule has 3 aromatic rings. The van der Waals surface area contributed by atoms with Crippen LogP contribution < -0.4 is 14.9 Å². The maximum atomic E-state index is 12.3. The second-order valence-electron chi connectivity index (χ2n) is 6.28. The number of carbonyl (C=O) groups excluding carboxylic acids is 1. The molecule has 0 aromatic carbocycles. The number of aromatic nitrogens is 5. The molecular weight excluding hydrogens is 370 g/mol. The van der Waals surface area contributed by atoms with Gasteiger partial charge in [-0.15, -0.1) is 10.2 Å². The van der Waals surface area contributed by atoms with E-state index in [4.69, 9.17) is 0 Å². The van der Waals surface area contributed by atoms with Crippen LogP contribution in [0.5, 0.6) is 0 Å². The van der Waals surface area contributed by atoms with E-state index in [1.54, 1.807) is 17.5 Å². The molecule has 0 radical (unpaired) electrons. The van der Waals surface area contributed by atoms with E-state index in [9.17, 15) is 4.79 Å². The lowest BCUT2D eigenvalue weighted by Gasteiger charge is -2.13. The van der Waals surface area contributed by atoms with Gasteiger partial charge in [-0.05, 0) is 29.0 Å². The van der Waals surface area contributed by atoms with Gasteiger partial charge in [-0.1, -0.05) is 6.07 Å². The van der Waals surface area contributed by atoms with Gasteiger partial charge in [-0.25, -0.2) is 14.6 Å². The molecule has 3 aromatic heterocycles. The van der Waals surface area contributed by atoms with Gasteiger partial charge in [0.05, 0.1) is 18.8 Å². The second-order valence-corrected chi connectivity index (χ2v) is 6.28. The van der Waals surface area contributed by atoms with E-state index in [-0.39, 0.29) is 11.7 Å². The Labute approximate surface area is 165 Å². The molecule has 1 amide bonds.